The van der Waals surface area contributed by atoms with Gasteiger partial charge in [-0.05, 0) is 13.0 Å². The molecule has 0 heterocycles. The normalized spacial score (nSPS) is 8.33. The molecule has 2 radical (unpaired) electrons. The maximum atomic E-state index is 10.1. The van der Waals surface area contributed by atoms with Crippen molar-refractivity contribution in [2.45, 2.75) is 19.5 Å². The van der Waals surface area contributed by atoms with Gasteiger partial charge in [-0.25, -0.2) is 0 Å². The quantitative estimate of drug-likeness (QED) is 0.468. The Balaban J connectivity index is 2.83. The average molecular weight is 100 g/mol. The third-order valence-corrected chi connectivity index (χ3v) is 1.28. The molecule has 0 aliphatic rings. The van der Waals surface area contributed by atoms with Crippen molar-refractivity contribution in [3.05, 3.63) is 0 Å². The summed E-state index contributed by atoms with van der Waals surface area (Å²) in [6.45, 7) is 3.65. The van der Waals surface area contributed by atoms with Crippen LogP contribution in [-0.2, 0) is 4.79 Å². The lowest BCUT2D eigenvalue weighted by Crippen LogP contribution is -1.90. The van der Waals surface area contributed by atoms with E-state index in [1.54, 1.807) is 6.92 Å². The Labute approximate surface area is 40.6 Å². The van der Waals surface area contributed by atoms with Crippen molar-refractivity contribution < 1.29 is 4.79 Å². The maximum Gasteiger partial charge on any atom is 0.126 e. The van der Waals surface area contributed by atoms with Gasteiger partial charge in [0.15, 0.2) is 0 Å². The number of rotatable bonds is 2. The molecule has 6 heavy (non-hydrogen) atoms. The fourth-order valence-electron chi connectivity index (χ4n) is 0.249. The summed E-state index contributed by atoms with van der Waals surface area (Å²) in [6.07, 6.45) is 0. The Bertz CT molecular complexity index is 51.5. The fraction of sp³-hybridized carbons (Fsp3) is 0.750. The lowest BCUT2D eigenvalue weighted by molar-refractivity contribution is -0.114. The molecule has 2 heteroatoms. The van der Waals surface area contributed by atoms with E-state index < -0.39 is 0 Å². The second-order valence-electron chi connectivity index (χ2n) is 1.23. The molecule has 0 rings (SSSR count). The summed E-state index contributed by atoms with van der Waals surface area (Å²) >= 11 is 0. The topological polar surface area (TPSA) is 17.1 Å². The third kappa shape index (κ3) is 3.89. The molecule has 0 aromatic rings. The van der Waals surface area contributed by atoms with Gasteiger partial charge in [0.2, 0.25) is 0 Å². The van der Waals surface area contributed by atoms with Crippen molar-refractivity contribution in [2.75, 3.05) is 0 Å². The molecule has 0 bridgehead atoms. The monoisotopic (exact) mass is 100 g/mol. The number of ketones is 1. The highest BCUT2D eigenvalue weighted by atomic mass is 28.2. The molecule has 0 aliphatic carbocycles. The third-order valence-electron chi connectivity index (χ3n) is 0.426. The van der Waals surface area contributed by atoms with Gasteiger partial charge in [0.1, 0.15) is 5.78 Å². The number of hydrogen-bond donors (Lipinski definition) is 0. The van der Waals surface area contributed by atoms with Gasteiger partial charge in [-0.1, -0.05) is 6.55 Å². The molecule has 0 unspecified atom stereocenters. The van der Waals surface area contributed by atoms with Gasteiger partial charge in [-0.3, -0.25) is 0 Å². The van der Waals surface area contributed by atoms with Crippen LogP contribution in [-0.4, -0.2) is 15.3 Å². The van der Waals surface area contributed by atoms with E-state index in [0.717, 1.165) is 15.6 Å². The molecule has 0 fully saturated rings. The molecule has 0 saturated carbocycles. The SMILES string of the molecule is C[Si]CC(C)=O. The van der Waals surface area contributed by atoms with Crippen LogP contribution < -0.4 is 0 Å². The van der Waals surface area contributed by atoms with E-state index in [4.69, 9.17) is 0 Å². The van der Waals surface area contributed by atoms with E-state index >= 15 is 0 Å². The van der Waals surface area contributed by atoms with Gasteiger partial charge in [0.05, 0.1) is 0 Å². The Morgan fingerprint density at radius 2 is 2.33 bits per heavy atom. The highest BCUT2D eigenvalue weighted by Crippen LogP contribution is 1.76. The van der Waals surface area contributed by atoms with E-state index in [1.165, 1.54) is 0 Å². The lowest BCUT2D eigenvalue weighted by atomic mass is 10.5. The van der Waals surface area contributed by atoms with Gasteiger partial charge >= 0.3 is 0 Å². The summed E-state index contributed by atoms with van der Waals surface area (Å²) < 4.78 is 0. The van der Waals surface area contributed by atoms with Crippen molar-refractivity contribution in [3.8, 4) is 0 Å². The summed E-state index contributed by atoms with van der Waals surface area (Å²) in [5.41, 5.74) is 0. The van der Waals surface area contributed by atoms with Gasteiger partial charge in [-0.2, -0.15) is 0 Å². The second-order valence-corrected chi connectivity index (χ2v) is 2.29. The molecule has 1 nitrogen and oxygen atoms in total. The van der Waals surface area contributed by atoms with E-state index in [2.05, 4.69) is 0 Å². The summed E-state index contributed by atoms with van der Waals surface area (Å²) in [6, 6.07) is 0.764. The van der Waals surface area contributed by atoms with Gasteiger partial charge < -0.3 is 4.79 Å². The van der Waals surface area contributed by atoms with Crippen LogP contribution in [0.15, 0.2) is 0 Å². The standard InChI is InChI=1S/C4H8OSi/c1-4(5)3-6-2/h3H2,1-2H3. The molecule has 0 aromatic heterocycles. The highest BCUT2D eigenvalue weighted by molar-refractivity contribution is 6.39. The van der Waals surface area contributed by atoms with Crippen molar-refractivity contribution in [1.82, 2.24) is 0 Å². The average Bonchev–Trinajstić information content (AvgIpc) is 1.35. The van der Waals surface area contributed by atoms with Gasteiger partial charge in [0, 0.05) is 9.52 Å². The van der Waals surface area contributed by atoms with E-state index in [9.17, 15) is 4.79 Å². The minimum atomic E-state index is 0.302. The maximum absolute atomic E-state index is 10.1. The Morgan fingerprint density at radius 3 is 2.33 bits per heavy atom. The molecule has 0 saturated heterocycles. The minimum Gasteiger partial charge on any atom is -0.300 e. The van der Waals surface area contributed by atoms with Crippen LogP contribution >= 0.6 is 0 Å². The molecule has 0 N–H and O–H groups in total. The molecule has 34 valence electrons. The first-order valence-corrected chi connectivity index (χ1v) is 3.62. The van der Waals surface area contributed by atoms with Crippen LogP contribution in [0.4, 0.5) is 0 Å². The first kappa shape index (κ1) is 5.89. The van der Waals surface area contributed by atoms with E-state index in [1.807, 2.05) is 6.55 Å². The number of carbonyl (C=O) groups excluding carboxylic acids is 1. The zero-order valence-electron chi connectivity index (χ0n) is 4.12. The van der Waals surface area contributed by atoms with E-state index in [0.29, 0.717) is 5.78 Å². The molecule has 0 spiro atoms. The number of hydrogen-bond acceptors (Lipinski definition) is 1. The first-order valence-electron chi connectivity index (χ1n) is 1.91. The lowest BCUT2D eigenvalue weighted by Gasteiger charge is -1.79. The molecular weight excluding hydrogens is 92.1 g/mol. The Morgan fingerprint density at radius 1 is 1.83 bits per heavy atom. The van der Waals surface area contributed by atoms with Crippen molar-refractivity contribution in [2.24, 2.45) is 0 Å². The summed E-state index contributed by atoms with van der Waals surface area (Å²) in [5.74, 6) is 0.302. The van der Waals surface area contributed by atoms with Crippen molar-refractivity contribution >= 4 is 15.3 Å². The predicted octanol–water partition coefficient (Wildman–Crippen LogP) is 0.746. The summed E-state index contributed by atoms with van der Waals surface area (Å²) in [7, 11) is 0.789. The zero-order valence-corrected chi connectivity index (χ0v) is 5.12. The van der Waals surface area contributed by atoms with Crippen LogP contribution in [0, 0.1) is 0 Å². The van der Waals surface area contributed by atoms with Crippen LogP contribution in [0.5, 0.6) is 0 Å². The molecule has 0 aromatic carbocycles. The summed E-state index contributed by atoms with van der Waals surface area (Å²) in [4.78, 5) is 10.1. The highest BCUT2D eigenvalue weighted by Gasteiger charge is 1.84. The van der Waals surface area contributed by atoms with Crippen LogP contribution in [0.1, 0.15) is 6.92 Å². The zero-order chi connectivity index (χ0) is 4.99. The molecular formula is C4H8OSi. The molecule has 0 atom stereocenters. The minimum absolute atomic E-state index is 0.302. The second kappa shape index (κ2) is 3.09. The van der Waals surface area contributed by atoms with Crippen LogP contribution in [0.3, 0.4) is 0 Å². The van der Waals surface area contributed by atoms with Gasteiger partial charge in [-0.15, -0.1) is 0 Å². The summed E-state index contributed by atoms with van der Waals surface area (Å²) in [5, 5.41) is 0. The van der Waals surface area contributed by atoms with Crippen LogP contribution in [0.2, 0.25) is 12.6 Å². The fourth-order valence-corrected chi connectivity index (χ4v) is 0.747. The first-order chi connectivity index (χ1) is 2.77. The van der Waals surface area contributed by atoms with Crippen molar-refractivity contribution in [1.29, 1.82) is 0 Å². The Hall–Kier alpha value is -0.113. The van der Waals surface area contributed by atoms with Crippen LogP contribution in [0.25, 0.3) is 0 Å². The van der Waals surface area contributed by atoms with E-state index in [-0.39, 0.29) is 0 Å². The largest absolute Gasteiger partial charge is 0.300 e. The number of carbonyl (C=O) groups is 1. The van der Waals surface area contributed by atoms with Crippen molar-refractivity contribution in [3.63, 3.8) is 0 Å². The number of Topliss-reactive ketones (excluding diaryl/α,β-unsaturated/α-hetero) is 1. The predicted molar refractivity (Wildman–Crippen MR) is 27.1 cm³/mol. The van der Waals surface area contributed by atoms with Gasteiger partial charge in [0.25, 0.3) is 0 Å². The molecule has 0 amide bonds. The Kier molecular flexibility index (Phi) is 3.03. The molecule has 0 aliphatic heterocycles. The smallest absolute Gasteiger partial charge is 0.126 e.